The standard InChI is InChI=1S/C19H32O2/c1-18(2,3)11-7-8-15(19(4,5)6)12-14-13-16(20)9-10-17(14)21/h9-10,13,15,20-21H,7-8,11-12H2,1-6H3. The zero-order valence-electron chi connectivity index (χ0n) is 14.5. The molecule has 1 atom stereocenters. The fourth-order valence-electron chi connectivity index (χ4n) is 2.72. The molecule has 0 aliphatic carbocycles. The number of hydrogen-bond acceptors (Lipinski definition) is 2. The smallest absolute Gasteiger partial charge is 0.119 e. The number of aromatic hydroxyl groups is 2. The van der Waals surface area contributed by atoms with Crippen LogP contribution in [-0.4, -0.2) is 10.2 Å². The molecule has 2 N–H and O–H groups in total. The highest BCUT2D eigenvalue weighted by Crippen LogP contribution is 2.37. The maximum absolute atomic E-state index is 9.99. The van der Waals surface area contributed by atoms with Crippen LogP contribution >= 0.6 is 0 Å². The number of phenols is 2. The summed E-state index contributed by atoms with van der Waals surface area (Å²) in [4.78, 5) is 0. The number of phenolic OH excluding ortho intramolecular Hbond substituents is 2. The first-order valence-corrected chi connectivity index (χ1v) is 8.00. The molecule has 0 aromatic heterocycles. The second-order valence-corrected chi connectivity index (χ2v) is 8.53. The molecule has 1 unspecified atom stereocenters. The fraction of sp³-hybridized carbons (Fsp3) is 0.684. The molecule has 0 fully saturated rings. The van der Waals surface area contributed by atoms with Crippen LogP contribution in [0.3, 0.4) is 0 Å². The van der Waals surface area contributed by atoms with Gasteiger partial charge in [0, 0.05) is 0 Å². The van der Waals surface area contributed by atoms with Crippen molar-refractivity contribution in [2.75, 3.05) is 0 Å². The molecule has 0 bridgehead atoms. The molecule has 120 valence electrons. The van der Waals surface area contributed by atoms with Crippen molar-refractivity contribution >= 4 is 0 Å². The van der Waals surface area contributed by atoms with Crippen molar-refractivity contribution in [1.29, 1.82) is 0 Å². The first-order valence-electron chi connectivity index (χ1n) is 8.00. The monoisotopic (exact) mass is 292 g/mol. The number of rotatable bonds is 5. The Kier molecular flexibility index (Phi) is 5.72. The van der Waals surface area contributed by atoms with Crippen LogP contribution in [0.4, 0.5) is 0 Å². The van der Waals surface area contributed by atoms with Crippen molar-refractivity contribution < 1.29 is 10.2 Å². The topological polar surface area (TPSA) is 40.5 Å². The van der Waals surface area contributed by atoms with Gasteiger partial charge in [-0.15, -0.1) is 0 Å². The van der Waals surface area contributed by atoms with E-state index < -0.39 is 0 Å². The van der Waals surface area contributed by atoms with Crippen LogP contribution in [-0.2, 0) is 6.42 Å². The molecule has 21 heavy (non-hydrogen) atoms. The largest absolute Gasteiger partial charge is 0.508 e. The Morgan fingerprint density at radius 3 is 2.14 bits per heavy atom. The van der Waals surface area contributed by atoms with Crippen molar-refractivity contribution in [3.8, 4) is 11.5 Å². The second-order valence-electron chi connectivity index (χ2n) is 8.53. The highest BCUT2D eigenvalue weighted by atomic mass is 16.3. The number of hydrogen-bond donors (Lipinski definition) is 2. The zero-order chi connectivity index (χ0) is 16.3. The SMILES string of the molecule is CC(C)(C)CCCC(Cc1cc(O)ccc1O)C(C)(C)C. The van der Waals surface area contributed by atoms with Gasteiger partial charge in [0.15, 0.2) is 0 Å². The molecule has 0 aliphatic rings. The Balaban J connectivity index is 2.77. The minimum Gasteiger partial charge on any atom is -0.508 e. The van der Waals surface area contributed by atoms with Crippen molar-refractivity contribution in [3.05, 3.63) is 23.8 Å². The zero-order valence-corrected chi connectivity index (χ0v) is 14.5. The van der Waals surface area contributed by atoms with Crippen molar-refractivity contribution in [2.24, 2.45) is 16.7 Å². The predicted octanol–water partition coefficient (Wildman–Crippen LogP) is 5.52. The first-order chi connectivity index (χ1) is 9.49. The van der Waals surface area contributed by atoms with Gasteiger partial charge in [-0.05, 0) is 59.8 Å². The van der Waals surface area contributed by atoms with Crippen LogP contribution in [0, 0.1) is 16.7 Å². The van der Waals surface area contributed by atoms with Gasteiger partial charge in [0.2, 0.25) is 0 Å². The summed E-state index contributed by atoms with van der Waals surface area (Å²) < 4.78 is 0. The van der Waals surface area contributed by atoms with E-state index in [-0.39, 0.29) is 16.9 Å². The highest BCUT2D eigenvalue weighted by Gasteiger charge is 2.26. The van der Waals surface area contributed by atoms with Crippen molar-refractivity contribution in [3.63, 3.8) is 0 Å². The summed E-state index contributed by atoms with van der Waals surface area (Å²) in [5, 5.41) is 19.6. The highest BCUT2D eigenvalue weighted by molar-refractivity contribution is 5.38. The van der Waals surface area contributed by atoms with Crippen LogP contribution in [0.25, 0.3) is 0 Å². The lowest BCUT2D eigenvalue weighted by atomic mass is 9.73. The fourth-order valence-corrected chi connectivity index (χ4v) is 2.72. The quantitative estimate of drug-likeness (QED) is 0.702. The Labute approximate surface area is 130 Å². The van der Waals surface area contributed by atoms with E-state index >= 15 is 0 Å². The van der Waals surface area contributed by atoms with Crippen LogP contribution < -0.4 is 0 Å². The Hall–Kier alpha value is -1.18. The lowest BCUT2D eigenvalue weighted by molar-refractivity contribution is 0.207. The van der Waals surface area contributed by atoms with Gasteiger partial charge in [-0.3, -0.25) is 0 Å². The molecule has 2 heteroatoms. The molecule has 0 spiro atoms. The lowest BCUT2D eigenvalue weighted by Crippen LogP contribution is -2.23. The van der Waals surface area contributed by atoms with E-state index in [0.717, 1.165) is 18.4 Å². The minimum atomic E-state index is 0.190. The van der Waals surface area contributed by atoms with Gasteiger partial charge >= 0.3 is 0 Å². The van der Waals surface area contributed by atoms with E-state index in [1.807, 2.05) is 0 Å². The third kappa shape index (κ3) is 6.41. The third-order valence-corrected chi connectivity index (χ3v) is 4.23. The Morgan fingerprint density at radius 2 is 1.62 bits per heavy atom. The van der Waals surface area contributed by atoms with Crippen LogP contribution in [0.1, 0.15) is 66.4 Å². The molecule has 1 aromatic carbocycles. The van der Waals surface area contributed by atoms with E-state index in [4.69, 9.17) is 0 Å². The summed E-state index contributed by atoms with van der Waals surface area (Å²) in [7, 11) is 0. The molecule has 0 saturated heterocycles. The first kappa shape index (κ1) is 17.9. The molecular weight excluding hydrogens is 260 g/mol. The van der Waals surface area contributed by atoms with Gasteiger partial charge in [0.05, 0.1) is 0 Å². The average Bonchev–Trinajstić information content (AvgIpc) is 2.29. The maximum atomic E-state index is 9.99. The van der Waals surface area contributed by atoms with E-state index in [2.05, 4.69) is 41.5 Å². The third-order valence-electron chi connectivity index (χ3n) is 4.23. The molecule has 0 heterocycles. The molecule has 1 aromatic rings. The van der Waals surface area contributed by atoms with Crippen molar-refractivity contribution in [1.82, 2.24) is 0 Å². The summed E-state index contributed by atoms with van der Waals surface area (Å²) in [6, 6.07) is 4.81. The molecule has 0 saturated carbocycles. The minimum absolute atomic E-state index is 0.190. The summed E-state index contributed by atoms with van der Waals surface area (Å²) in [5.41, 5.74) is 1.41. The molecule has 0 radical (unpaired) electrons. The van der Waals surface area contributed by atoms with Gasteiger partial charge in [-0.2, -0.15) is 0 Å². The van der Waals surface area contributed by atoms with Gasteiger partial charge < -0.3 is 10.2 Å². The summed E-state index contributed by atoms with van der Waals surface area (Å²) in [6.07, 6.45) is 4.38. The normalized spacial score (nSPS) is 14.2. The number of benzene rings is 1. The average molecular weight is 292 g/mol. The molecule has 2 nitrogen and oxygen atoms in total. The van der Waals surface area contributed by atoms with E-state index in [1.54, 1.807) is 12.1 Å². The second kappa shape index (κ2) is 6.72. The Bertz CT molecular complexity index is 450. The lowest BCUT2D eigenvalue weighted by Gasteiger charge is -2.32. The molecule has 0 aliphatic heterocycles. The maximum Gasteiger partial charge on any atom is 0.119 e. The van der Waals surface area contributed by atoms with Crippen LogP contribution in [0.15, 0.2) is 18.2 Å². The van der Waals surface area contributed by atoms with Crippen molar-refractivity contribution in [2.45, 2.75) is 67.2 Å². The van der Waals surface area contributed by atoms with E-state index in [9.17, 15) is 10.2 Å². The Morgan fingerprint density at radius 1 is 1.00 bits per heavy atom. The van der Waals surface area contributed by atoms with Crippen LogP contribution in [0.2, 0.25) is 0 Å². The van der Waals surface area contributed by atoms with Crippen LogP contribution in [0.5, 0.6) is 11.5 Å². The molecule has 1 rings (SSSR count). The summed E-state index contributed by atoms with van der Waals surface area (Å²) >= 11 is 0. The predicted molar refractivity (Wildman–Crippen MR) is 89.7 cm³/mol. The van der Waals surface area contributed by atoms with Gasteiger partial charge in [0.1, 0.15) is 11.5 Å². The van der Waals surface area contributed by atoms with E-state index in [1.165, 1.54) is 18.9 Å². The van der Waals surface area contributed by atoms with E-state index in [0.29, 0.717) is 11.3 Å². The van der Waals surface area contributed by atoms with Gasteiger partial charge in [-0.1, -0.05) is 48.0 Å². The molecule has 0 amide bonds. The summed E-state index contributed by atoms with van der Waals surface area (Å²) in [6.45, 7) is 13.6. The molecular formula is C19H32O2. The summed E-state index contributed by atoms with van der Waals surface area (Å²) in [5.74, 6) is 1.01. The van der Waals surface area contributed by atoms with Gasteiger partial charge in [-0.25, -0.2) is 0 Å². The van der Waals surface area contributed by atoms with Gasteiger partial charge in [0.25, 0.3) is 0 Å².